The van der Waals surface area contributed by atoms with Gasteiger partial charge >= 0.3 is 0 Å². The molecule has 56 valence electrons. The summed E-state index contributed by atoms with van der Waals surface area (Å²) in [5.41, 5.74) is -1.09. The minimum atomic E-state index is -1.11. The lowest BCUT2D eigenvalue weighted by molar-refractivity contribution is 0.0148. The predicted octanol–water partition coefficient (Wildman–Crippen LogP) is 2.87. The molecule has 0 aromatic carbocycles. The summed E-state index contributed by atoms with van der Waals surface area (Å²) in [7, 11) is 0. The van der Waals surface area contributed by atoms with Crippen LogP contribution in [0.1, 0.15) is 19.8 Å². The SMILES string of the molecule is C=CC1(C)CC(F)(C=C)C1. The van der Waals surface area contributed by atoms with E-state index in [9.17, 15) is 4.39 Å². The molecule has 0 heterocycles. The van der Waals surface area contributed by atoms with Gasteiger partial charge in [-0.1, -0.05) is 25.7 Å². The van der Waals surface area contributed by atoms with Gasteiger partial charge in [-0.25, -0.2) is 4.39 Å². The number of allylic oxidation sites excluding steroid dienone is 2. The topological polar surface area (TPSA) is 0 Å². The predicted molar refractivity (Wildman–Crippen MR) is 41.6 cm³/mol. The van der Waals surface area contributed by atoms with Crippen molar-refractivity contribution in [2.24, 2.45) is 5.41 Å². The molecule has 0 aromatic rings. The van der Waals surface area contributed by atoms with Gasteiger partial charge in [0, 0.05) is 0 Å². The van der Waals surface area contributed by atoms with Crippen LogP contribution in [0.3, 0.4) is 0 Å². The number of alkyl halides is 1. The Morgan fingerprint density at radius 2 is 1.80 bits per heavy atom. The Bertz CT molecular complexity index is 146. The molecule has 0 radical (unpaired) electrons. The molecule has 1 rings (SSSR count). The normalized spacial score (nSPS) is 45.8. The molecule has 1 aliphatic carbocycles. The highest BCUT2D eigenvalue weighted by Crippen LogP contribution is 2.51. The van der Waals surface area contributed by atoms with Gasteiger partial charge in [0.1, 0.15) is 5.67 Å². The largest absolute Gasteiger partial charge is 0.239 e. The van der Waals surface area contributed by atoms with Gasteiger partial charge in [-0.2, -0.15) is 0 Å². The van der Waals surface area contributed by atoms with Crippen molar-refractivity contribution in [1.29, 1.82) is 0 Å². The van der Waals surface area contributed by atoms with Gasteiger partial charge in [0.15, 0.2) is 0 Å². The van der Waals surface area contributed by atoms with Gasteiger partial charge in [-0.15, -0.1) is 6.58 Å². The van der Waals surface area contributed by atoms with Crippen molar-refractivity contribution in [2.75, 3.05) is 0 Å². The fourth-order valence-electron chi connectivity index (χ4n) is 1.58. The van der Waals surface area contributed by atoms with Gasteiger partial charge in [-0.3, -0.25) is 0 Å². The molecule has 0 bridgehead atoms. The Hall–Kier alpha value is -0.590. The van der Waals surface area contributed by atoms with Gasteiger partial charge < -0.3 is 0 Å². The first-order chi connectivity index (χ1) is 4.54. The Labute approximate surface area is 61.4 Å². The third-order valence-corrected chi connectivity index (χ3v) is 2.25. The van der Waals surface area contributed by atoms with Crippen molar-refractivity contribution in [1.82, 2.24) is 0 Å². The second-order valence-electron chi connectivity index (χ2n) is 3.45. The quantitative estimate of drug-likeness (QED) is 0.517. The Morgan fingerprint density at radius 3 is 2.10 bits per heavy atom. The van der Waals surface area contributed by atoms with Crippen LogP contribution in [0, 0.1) is 5.41 Å². The first-order valence-electron chi connectivity index (χ1n) is 3.50. The first kappa shape index (κ1) is 7.52. The van der Waals surface area contributed by atoms with Gasteiger partial charge in [0.25, 0.3) is 0 Å². The summed E-state index contributed by atoms with van der Waals surface area (Å²) in [6.45, 7) is 9.11. The van der Waals surface area contributed by atoms with Crippen LogP contribution in [-0.2, 0) is 0 Å². The number of hydrogen-bond donors (Lipinski definition) is 0. The van der Waals surface area contributed by atoms with Crippen LogP contribution in [-0.4, -0.2) is 5.67 Å². The highest BCUT2D eigenvalue weighted by atomic mass is 19.1. The lowest BCUT2D eigenvalue weighted by Gasteiger charge is -2.46. The third-order valence-electron chi connectivity index (χ3n) is 2.25. The van der Waals surface area contributed by atoms with Crippen LogP contribution in [0.15, 0.2) is 25.3 Å². The summed E-state index contributed by atoms with van der Waals surface area (Å²) in [6, 6.07) is 0. The monoisotopic (exact) mass is 140 g/mol. The lowest BCUT2D eigenvalue weighted by atomic mass is 9.61. The van der Waals surface area contributed by atoms with Crippen molar-refractivity contribution in [2.45, 2.75) is 25.4 Å². The minimum absolute atomic E-state index is 0.0168. The average Bonchev–Trinajstić information content (AvgIpc) is 1.85. The van der Waals surface area contributed by atoms with E-state index in [2.05, 4.69) is 13.2 Å². The zero-order valence-electron chi connectivity index (χ0n) is 6.36. The molecule has 1 aliphatic rings. The standard InChI is InChI=1S/C9H13F/c1-4-8(3)6-9(10,5-2)7-8/h4-5H,1-2,6-7H2,3H3. The summed E-state index contributed by atoms with van der Waals surface area (Å²) in [6.07, 6.45) is 4.33. The molecule has 1 heteroatoms. The zero-order valence-corrected chi connectivity index (χ0v) is 6.36. The highest BCUT2D eigenvalue weighted by molar-refractivity contribution is 5.16. The van der Waals surface area contributed by atoms with E-state index in [-0.39, 0.29) is 5.41 Å². The molecule has 0 spiro atoms. The molecule has 0 aliphatic heterocycles. The molecule has 10 heavy (non-hydrogen) atoms. The molecule has 1 saturated carbocycles. The maximum absolute atomic E-state index is 13.2. The molecule has 1 fully saturated rings. The van der Waals surface area contributed by atoms with E-state index in [1.165, 1.54) is 6.08 Å². The van der Waals surface area contributed by atoms with Crippen LogP contribution in [0.5, 0.6) is 0 Å². The first-order valence-corrected chi connectivity index (χ1v) is 3.50. The fourth-order valence-corrected chi connectivity index (χ4v) is 1.58. The van der Waals surface area contributed by atoms with Crippen LogP contribution < -0.4 is 0 Å². The molecular weight excluding hydrogens is 127 g/mol. The molecule has 0 N–H and O–H groups in total. The number of rotatable bonds is 2. The maximum Gasteiger partial charge on any atom is 0.130 e. The third kappa shape index (κ3) is 1.00. The maximum atomic E-state index is 13.2. The van der Waals surface area contributed by atoms with E-state index in [4.69, 9.17) is 0 Å². The number of halogens is 1. The Morgan fingerprint density at radius 1 is 1.30 bits per heavy atom. The smallest absolute Gasteiger partial charge is 0.130 e. The molecule has 0 aromatic heterocycles. The highest BCUT2D eigenvalue weighted by Gasteiger charge is 2.48. The summed E-state index contributed by atoms with van der Waals surface area (Å²) >= 11 is 0. The van der Waals surface area contributed by atoms with E-state index < -0.39 is 5.67 Å². The van der Waals surface area contributed by atoms with E-state index in [1.807, 2.05) is 13.0 Å². The molecule has 0 nitrogen and oxygen atoms in total. The molecule has 0 atom stereocenters. The summed E-state index contributed by atoms with van der Waals surface area (Å²) in [5, 5.41) is 0. The van der Waals surface area contributed by atoms with Crippen molar-refractivity contribution in [3.05, 3.63) is 25.3 Å². The van der Waals surface area contributed by atoms with Gasteiger partial charge in [-0.05, 0) is 18.3 Å². The van der Waals surface area contributed by atoms with Crippen molar-refractivity contribution in [3.63, 3.8) is 0 Å². The summed E-state index contributed by atoms with van der Waals surface area (Å²) in [4.78, 5) is 0. The summed E-state index contributed by atoms with van der Waals surface area (Å²) in [5.74, 6) is 0. The van der Waals surface area contributed by atoms with Crippen molar-refractivity contribution < 1.29 is 4.39 Å². The zero-order chi connectivity index (χ0) is 7.83. The second-order valence-corrected chi connectivity index (χ2v) is 3.45. The Balaban J connectivity index is 2.57. The van der Waals surface area contributed by atoms with Crippen LogP contribution in [0.25, 0.3) is 0 Å². The van der Waals surface area contributed by atoms with Gasteiger partial charge in [0.05, 0.1) is 0 Å². The molecule has 0 saturated heterocycles. The average molecular weight is 140 g/mol. The molecular formula is C9H13F. The second kappa shape index (κ2) is 1.94. The summed E-state index contributed by atoms with van der Waals surface area (Å²) < 4.78 is 13.2. The number of hydrogen-bond acceptors (Lipinski definition) is 0. The van der Waals surface area contributed by atoms with E-state index in [0.29, 0.717) is 12.8 Å². The van der Waals surface area contributed by atoms with Crippen LogP contribution >= 0.6 is 0 Å². The molecule has 0 unspecified atom stereocenters. The minimum Gasteiger partial charge on any atom is -0.239 e. The Kier molecular flexibility index (Phi) is 1.46. The van der Waals surface area contributed by atoms with Crippen LogP contribution in [0.4, 0.5) is 4.39 Å². The van der Waals surface area contributed by atoms with E-state index >= 15 is 0 Å². The van der Waals surface area contributed by atoms with Gasteiger partial charge in [0.2, 0.25) is 0 Å². The van der Waals surface area contributed by atoms with E-state index in [1.54, 1.807) is 0 Å². The van der Waals surface area contributed by atoms with Crippen molar-refractivity contribution >= 4 is 0 Å². The van der Waals surface area contributed by atoms with E-state index in [0.717, 1.165) is 0 Å². The van der Waals surface area contributed by atoms with Crippen molar-refractivity contribution in [3.8, 4) is 0 Å². The molecule has 0 amide bonds. The lowest BCUT2D eigenvalue weighted by Crippen LogP contribution is -2.44. The fraction of sp³-hybridized carbons (Fsp3) is 0.556. The van der Waals surface area contributed by atoms with Crippen LogP contribution in [0.2, 0.25) is 0 Å².